The molecule has 4 nitrogen and oxygen atoms in total. The van der Waals surface area contributed by atoms with Crippen molar-refractivity contribution in [1.82, 2.24) is 4.90 Å². The van der Waals surface area contributed by atoms with Crippen LogP contribution in [0.5, 0.6) is 0 Å². The van der Waals surface area contributed by atoms with E-state index >= 15 is 0 Å². The third kappa shape index (κ3) is 1.91. The Kier molecular flexibility index (Phi) is 3.30. The maximum Gasteiger partial charge on any atom is 0.0991 e. The largest absolute Gasteiger partial charge is 0.391 e. The first-order valence-corrected chi connectivity index (χ1v) is 5.93. The molecule has 5 atom stereocenters. The summed E-state index contributed by atoms with van der Waals surface area (Å²) in [5, 5.41) is 29.5. The number of fused-ring (bicyclic) bond motifs is 1. The van der Waals surface area contributed by atoms with E-state index in [1.165, 1.54) is 0 Å². The molecule has 0 amide bonds. The Labute approximate surface area is 90.5 Å². The van der Waals surface area contributed by atoms with Crippen LogP contribution < -0.4 is 0 Å². The normalized spacial score (nSPS) is 46.8. The van der Waals surface area contributed by atoms with Crippen molar-refractivity contribution >= 4 is 0 Å². The van der Waals surface area contributed by atoms with E-state index in [1.54, 1.807) is 0 Å². The summed E-state index contributed by atoms with van der Waals surface area (Å²) < 4.78 is 0. The highest BCUT2D eigenvalue weighted by atomic mass is 16.3. The van der Waals surface area contributed by atoms with Gasteiger partial charge in [-0.2, -0.15) is 0 Å². The van der Waals surface area contributed by atoms with Gasteiger partial charge in [0.15, 0.2) is 0 Å². The lowest BCUT2D eigenvalue weighted by Crippen LogP contribution is -2.53. The van der Waals surface area contributed by atoms with Gasteiger partial charge in [0.1, 0.15) is 0 Å². The van der Waals surface area contributed by atoms with Crippen molar-refractivity contribution in [2.24, 2.45) is 5.92 Å². The minimum atomic E-state index is -0.778. The third-order valence-corrected chi connectivity index (χ3v) is 3.87. The Morgan fingerprint density at radius 1 is 1.20 bits per heavy atom. The van der Waals surface area contributed by atoms with E-state index in [2.05, 4.69) is 6.92 Å². The van der Waals surface area contributed by atoms with Crippen LogP contribution in [0, 0.1) is 5.92 Å². The summed E-state index contributed by atoms with van der Waals surface area (Å²) in [5.74, 6) is 0.288. The first kappa shape index (κ1) is 11.3. The molecule has 0 unspecified atom stereocenters. The molecule has 2 fully saturated rings. The Hall–Kier alpha value is -0.160. The summed E-state index contributed by atoms with van der Waals surface area (Å²) in [7, 11) is 0. The van der Waals surface area contributed by atoms with Gasteiger partial charge in [-0.05, 0) is 25.3 Å². The monoisotopic (exact) mass is 215 g/mol. The predicted octanol–water partition coefficient (Wildman–Crippen LogP) is -0.427. The van der Waals surface area contributed by atoms with Gasteiger partial charge in [0.2, 0.25) is 0 Å². The van der Waals surface area contributed by atoms with Gasteiger partial charge in [-0.3, -0.25) is 4.90 Å². The number of aliphatic hydroxyl groups excluding tert-OH is 3. The van der Waals surface area contributed by atoms with Crippen molar-refractivity contribution in [3.63, 3.8) is 0 Å². The van der Waals surface area contributed by atoms with E-state index in [4.69, 9.17) is 0 Å². The van der Waals surface area contributed by atoms with Crippen LogP contribution >= 0.6 is 0 Å². The molecule has 2 aliphatic rings. The maximum atomic E-state index is 10.1. The van der Waals surface area contributed by atoms with E-state index in [-0.39, 0.29) is 12.0 Å². The molecule has 88 valence electrons. The van der Waals surface area contributed by atoms with Crippen LogP contribution in [0.25, 0.3) is 0 Å². The van der Waals surface area contributed by atoms with E-state index in [0.29, 0.717) is 6.54 Å². The fourth-order valence-electron chi connectivity index (χ4n) is 3.04. The van der Waals surface area contributed by atoms with Crippen LogP contribution in [0.1, 0.15) is 26.2 Å². The van der Waals surface area contributed by atoms with Crippen molar-refractivity contribution in [2.75, 3.05) is 13.1 Å². The second-order valence-electron chi connectivity index (χ2n) is 4.87. The Balaban J connectivity index is 2.06. The van der Waals surface area contributed by atoms with Crippen LogP contribution in [-0.2, 0) is 0 Å². The molecule has 15 heavy (non-hydrogen) atoms. The van der Waals surface area contributed by atoms with Gasteiger partial charge in [0.05, 0.1) is 24.4 Å². The third-order valence-electron chi connectivity index (χ3n) is 3.87. The number of aliphatic hydroxyl groups is 3. The molecule has 2 saturated heterocycles. The van der Waals surface area contributed by atoms with Gasteiger partial charge in [0, 0.05) is 6.54 Å². The van der Waals surface area contributed by atoms with Gasteiger partial charge < -0.3 is 15.3 Å². The Bertz CT molecular complexity index is 224. The molecule has 2 rings (SSSR count). The summed E-state index contributed by atoms with van der Waals surface area (Å²) in [6, 6.07) is -0.245. The number of rotatable bonds is 2. The van der Waals surface area contributed by atoms with Gasteiger partial charge in [0.25, 0.3) is 0 Å². The zero-order valence-corrected chi connectivity index (χ0v) is 9.21. The first-order valence-electron chi connectivity index (χ1n) is 5.93. The number of nitrogens with zero attached hydrogens (tertiary/aromatic N) is 1. The molecule has 3 N–H and O–H groups in total. The SMILES string of the molecule is CCC[C@H]1CCN2C[C@@H](O)[C@@H](O)[C@@H]2[C@H]1O. The fraction of sp³-hybridized carbons (Fsp3) is 1.00. The first-order chi connectivity index (χ1) is 7.15. The summed E-state index contributed by atoms with van der Waals surface area (Å²) in [6.07, 6.45) is 1.10. The lowest BCUT2D eigenvalue weighted by molar-refractivity contribution is -0.0581. The molecule has 0 aliphatic carbocycles. The van der Waals surface area contributed by atoms with Crippen LogP contribution in [-0.4, -0.2) is 57.7 Å². The van der Waals surface area contributed by atoms with Crippen LogP contribution in [0.15, 0.2) is 0 Å². The molecule has 4 heteroatoms. The van der Waals surface area contributed by atoms with Crippen molar-refractivity contribution < 1.29 is 15.3 Å². The standard InChI is InChI=1S/C11H21NO3/c1-2-3-7-4-5-12-6-8(13)11(15)9(12)10(7)14/h7-11,13-15H,2-6H2,1H3/t7-,8+,9-,10-,11+/m0/s1. The molecule has 0 bridgehead atoms. The summed E-state index contributed by atoms with van der Waals surface area (Å²) in [6.45, 7) is 3.50. The molecule has 0 spiro atoms. The van der Waals surface area contributed by atoms with Crippen LogP contribution in [0.3, 0.4) is 0 Å². The van der Waals surface area contributed by atoms with Gasteiger partial charge in [-0.15, -0.1) is 0 Å². The second kappa shape index (κ2) is 4.37. The minimum absolute atomic E-state index is 0.245. The highest BCUT2D eigenvalue weighted by Crippen LogP contribution is 2.33. The fourth-order valence-corrected chi connectivity index (χ4v) is 3.04. The average Bonchev–Trinajstić information content (AvgIpc) is 2.49. The number of piperidine rings is 1. The minimum Gasteiger partial charge on any atom is -0.391 e. The highest BCUT2D eigenvalue weighted by molar-refractivity contribution is 5.01. The van der Waals surface area contributed by atoms with Crippen molar-refractivity contribution in [2.45, 2.75) is 50.5 Å². The highest BCUT2D eigenvalue weighted by Gasteiger charge is 2.48. The smallest absolute Gasteiger partial charge is 0.0991 e. The van der Waals surface area contributed by atoms with E-state index in [9.17, 15) is 15.3 Å². The second-order valence-corrected chi connectivity index (χ2v) is 4.87. The lowest BCUT2D eigenvalue weighted by atomic mass is 9.84. The molecule has 2 heterocycles. The lowest BCUT2D eigenvalue weighted by Gasteiger charge is -2.40. The molecule has 0 aromatic heterocycles. The quantitative estimate of drug-likeness (QED) is 0.585. The summed E-state index contributed by atoms with van der Waals surface area (Å²) in [5.41, 5.74) is 0. The maximum absolute atomic E-state index is 10.1. The molecule has 0 saturated carbocycles. The number of hydrogen-bond donors (Lipinski definition) is 3. The van der Waals surface area contributed by atoms with E-state index < -0.39 is 18.3 Å². The van der Waals surface area contributed by atoms with Gasteiger partial charge in [-0.25, -0.2) is 0 Å². The molecular formula is C11H21NO3. The topological polar surface area (TPSA) is 63.9 Å². The molecule has 0 aromatic carbocycles. The number of hydrogen-bond acceptors (Lipinski definition) is 4. The van der Waals surface area contributed by atoms with E-state index in [0.717, 1.165) is 25.8 Å². The Morgan fingerprint density at radius 2 is 1.93 bits per heavy atom. The molecule has 2 aliphatic heterocycles. The predicted molar refractivity (Wildman–Crippen MR) is 56.4 cm³/mol. The zero-order chi connectivity index (χ0) is 11.0. The summed E-state index contributed by atoms with van der Waals surface area (Å²) in [4.78, 5) is 2.02. The van der Waals surface area contributed by atoms with Crippen LogP contribution in [0.4, 0.5) is 0 Å². The molecule has 0 radical (unpaired) electrons. The average molecular weight is 215 g/mol. The van der Waals surface area contributed by atoms with Gasteiger partial charge in [-0.1, -0.05) is 13.3 Å². The van der Waals surface area contributed by atoms with E-state index in [1.807, 2.05) is 4.90 Å². The van der Waals surface area contributed by atoms with Crippen molar-refractivity contribution in [3.05, 3.63) is 0 Å². The molecular weight excluding hydrogens is 194 g/mol. The van der Waals surface area contributed by atoms with Crippen LogP contribution in [0.2, 0.25) is 0 Å². The zero-order valence-electron chi connectivity index (χ0n) is 9.21. The van der Waals surface area contributed by atoms with Crippen molar-refractivity contribution in [1.29, 1.82) is 0 Å². The van der Waals surface area contributed by atoms with Gasteiger partial charge >= 0.3 is 0 Å². The summed E-state index contributed by atoms with van der Waals surface area (Å²) >= 11 is 0. The molecule has 0 aromatic rings. The van der Waals surface area contributed by atoms with Crippen molar-refractivity contribution in [3.8, 4) is 0 Å². The Morgan fingerprint density at radius 3 is 2.60 bits per heavy atom.